The molecule has 0 aromatic heterocycles. The van der Waals surface area contributed by atoms with E-state index in [4.69, 9.17) is 14.2 Å². The van der Waals surface area contributed by atoms with Gasteiger partial charge in [0.25, 0.3) is 0 Å². The summed E-state index contributed by atoms with van der Waals surface area (Å²) >= 11 is 0. The molecular weight excluding hydrogens is 298 g/mol. The summed E-state index contributed by atoms with van der Waals surface area (Å²) in [5, 5.41) is 10.4. The zero-order valence-electron chi connectivity index (χ0n) is 12.9. The van der Waals surface area contributed by atoms with Crippen LogP contribution in [0.2, 0.25) is 0 Å². The van der Waals surface area contributed by atoms with E-state index in [0.717, 1.165) is 17.5 Å². The highest BCUT2D eigenvalue weighted by Gasteiger charge is 2.06. The molecule has 0 unspecified atom stereocenters. The molecule has 0 N–H and O–H groups in total. The number of nitro groups is 1. The first-order chi connectivity index (χ1) is 11.1. The van der Waals surface area contributed by atoms with Gasteiger partial charge in [-0.05, 0) is 35.4 Å². The molecule has 6 nitrogen and oxygen atoms in total. The van der Waals surface area contributed by atoms with Crippen molar-refractivity contribution in [3.8, 4) is 17.2 Å². The van der Waals surface area contributed by atoms with Crippen LogP contribution in [-0.4, -0.2) is 19.1 Å². The molecule has 6 heteroatoms. The zero-order valence-corrected chi connectivity index (χ0v) is 12.9. The molecule has 0 radical (unpaired) electrons. The molecule has 0 aliphatic heterocycles. The quantitative estimate of drug-likeness (QED) is 0.577. The monoisotopic (exact) mass is 315 g/mol. The zero-order chi connectivity index (χ0) is 16.7. The van der Waals surface area contributed by atoms with Crippen LogP contribution in [0.3, 0.4) is 0 Å². The fourth-order valence-corrected chi connectivity index (χ4v) is 1.94. The number of benzene rings is 2. The highest BCUT2D eigenvalue weighted by atomic mass is 16.6. The molecule has 0 saturated heterocycles. The maximum Gasteiger partial charge on any atom is 0.235 e. The SMILES string of the molecule is COc1ccc(COc2cc(/C=C/[N+](=O)[O-])ccc2OC)cc1. The van der Waals surface area contributed by atoms with Crippen molar-refractivity contribution < 1.29 is 19.1 Å². The van der Waals surface area contributed by atoms with Gasteiger partial charge in [-0.1, -0.05) is 18.2 Å². The number of nitrogens with zero attached hydrogens (tertiary/aromatic N) is 1. The molecular formula is C17H17NO5. The van der Waals surface area contributed by atoms with Gasteiger partial charge in [-0.2, -0.15) is 0 Å². The van der Waals surface area contributed by atoms with Crippen molar-refractivity contribution in [3.05, 3.63) is 69.9 Å². The number of hydrogen-bond donors (Lipinski definition) is 0. The number of hydrogen-bond acceptors (Lipinski definition) is 5. The van der Waals surface area contributed by atoms with Crippen LogP contribution in [0.1, 0.15) is 11.1 Å². The Labute approximate surface area is 134 Å². The normalized spacial score (nSPS) is 10.5. The standard InChI is InChI=1S/C17H17NO5/c1-21-15-6-3-14(4-7-15)12-23-17-11-13(9-10-18(19)20)5-8-16(17)22-2/h3-11H,12H2,1-2H3/b10-9+. The second-order valence-electron chi connectivity index (χ2n) is 4.65. The molecule has 0 atom stereocenters. The predicted octanol–water partition coefficient (Wildman–Crippen LogP) is 3.53. The lowest BCUT2D eigenvalue weighted by atomic mass is 10.2. The summed E-state index contributed by atoms with van der Waals surface area (Å²) < 4.78 is 16.1. The van der Waals surface area contributed by atoms with Gasteiger partial charge in [0, 0.05) is 6.08 Å². The predicted molar refractivity (Wildman–Crippen MR) is 86.3 cm³/mol. The van der Waals surface area contributed by atoms with Crippen molar-refractivity contribution in [1.82, 2.24) is 0 Å². The Morgan fingerprint density at radius 3 is 2.39 bits per heavy atom. The summed E-state index contributed by atoms with van der Waals surface area (Å²) in [5.74, 6) is 1.86. The van der Waals surface area contributed by atoms with E-state index in [-0.39, 0.29) is 0 Å². The minimum absolute atomic E-state index is 0.350. The third-order valence-electron chi connectivity index (χ3n) is 3.13. The van der Waals surface area contributed by atoms with Crippen molar-refractivity contribution in [3.63, 3.8) is 0 Å². The lowest BCUT2D eigenvalue weighted by molar-refractivity contribution is -0.400. The molecule has 0 aliphatic rings. The van der Waals surface area contributed by atoms with E-state index < -0.39 is 4.92 Å². The van der Waals surface area contributed by atoms with Gasteiger partial charge >= 0.3 is 0 Å². The maximum atomic E-state index is 10.4. The van der Waals surface area contributed by atoms with E-state index in [9.17, 15) is 10.1 Å². The number of ether oxygens (including phenoxy) is 3. The van der Waals surface area contributed by atoms with Gasteiger partial charge in [-0.25, -0.2) is 0 Å². The van der Waals surface area contributed by atoms with Gasteiger partial charge in [0.2, 0.25) is 6.20 Å². The van der Waals surface area contributed by atoms with Crippen LogP contribution >= 0.6 is 0 Å². The van der Waals surface area contributed by atoms with Gasteiger partial charge in [-0.3, -0.25) is 10.1 Å². The van der Waals surface area contributed by atoms with Crippen molar-refractivity contribution in [2.24, 2.45) is 0 Å². The van der Waals surface area contributed by atoms with Crippen LogP contribution in [0.25, 0.3) is 6.08 Å². The van der Waals surface area contributed by atoms with Gasteiger partial charge < -0.3 is 14.2 Å². The smallest absolute Gasteiger partial charge is 0.235 e. The lowest BCUT2D eigenvalue weighted by Gasteiger charge is -2.11. The average molecular weight is 315 g/mol. The van der Waals surface area contributed by atoms with Crippen molar-refractivity contribution >= 4 is 6.08 Å². The largest absolute Gasteiger partial charge is 0.497 e. The molecule has 23 heavy (non-hydrogen) atoms. The van der Waals surface area contributed by atoms with Crippen LogP contribution in [0.5, 0.6) is 17.2 Å². The van der Waals surface area contributed by atoms with Crippen molar-refractivity contribution in [2.75, 3.05) is 14.2 Å². The first kappa shape index (κ1) is 16.4. The maximum absolute atomic E-state index is 10.4. The van der Waals surface area contributed by atoms with Crippen molar-refractivity contribution in [1.29, 1.82) is 0 Å². The van der Waals surface area contributed by atoms with Crippen molar-refractivity contribution in [2.45, 2.75) is 6.61 Å². The minimum atomic E-state index is -0.512. The minimum Gasteiger partial charge on any atom is -0.497 e. The molecule has 2 aromatic rings. The highest BCUT2D eigenvalue weighted by Crippen LogP contribution is 2.29. The number of rotatable bonds is 7. The summed E-state index contributed by atoms with van der Waals surface area (Å²) in [6.45, 7) is 0.350. The van der Waals surface area contributed by atoms with Crippen LogP contribution in [0, 0.1) is 10.1 Å². The molecule has 0 fully saturated rings. The van der Waals surface area contributed by atoms with Gasteiger partial charge in [0.15, 0.2) is 11.5 Å². The van der Waals surface area contributed by atoms with E-state index in [2.05, 4.69) is 0 Å². The Morgan fingerprint density at radius 2 is 1.78 bits per heavy atom. The first-order valence-electron chi connectivity index (χ1n) is 6.88. The summed E-state index contributed by atoms with van der Waals surface area (Å²) in [5.41, 5.74) is 1.63. The van der Waals surface area contributed by atoms with Crippen LogP contribution in [-0.2, 0) is 6.61 Å². The van der Waals surface area contributed by atoms with E-state index in [1.165, 1.54) is 6.08 Å². The molecule has 2 rings (SSSR count). The van der Waals surface area contributed by atoms with E-state index in [1.54, 1.807) is 32.4 Å². The Morgan fingerprint density at radius 1 is 1.04 bits per heavy atom. The topological polar surface area (TPSA) is 70.8 Å². The molecule has 2 aromatic carbocycles. The third-order valence-corrected chi connectivity index (χ3v) is 3.13. The van der Waals surface area contributed by atoms with Crippen LogP contribution < -0.4 is 14.2 Å². The average Bonchev–Trinajstić information content (AvgIpc) is 2.58. The van der Waals surface area contributed by atoms with Gasteiger partial charge in [0.05, 0.1) is 19.1 Å². The fourth-order valence-electron chi connectivity index (χ4n) is 1.94. The molecule has 120 valence electrons. The Bertz CT molecular complexity index is 695. The second kappa shape index (κ2) is 7.84. The van der Waals surface area contributed by atoms with E-state index in [0.29, 0.717) is 23.7 Å². The summed E-state index contributed by atoms with van der Waals surface area (Å²) in [6.07, 6.45) is 2.29. The Balaban J connectivity index is 2.12. The lowest BCUT2D eigenvalue weighted by Crippen LogP contribution is -1.98. The highest BCUT2D eigenvalue weighted by molar-refractivity contribution is 5.55. The number of methoxy groups -OCH3 is 2. The molecule has 0 amide bonds. The van der Waals surface area contributed by atoms with Gasteiger partial charge in [-0.15, -0.1) is 0 Å². The second-order valence-corrected chi connectivity index (χ2v) is 4.65. The fraction of sp³-hybridized carbons (Fsp3) is 0.176. The molecule has 0 saturated carbocycles. The first-order valence-corrected chi connectivity index (χ1v) is 6.88. The Hall–Kier alpha value is -3.02. The summed E-state index contributed by atoms with van der Waals surface area (Å²) in [4.78, 5) is 9.88. The Kier molecular flexibility index (Phi) is 5.57. The summed E-state index contributed by atoms with van der Waals surface area (Å²) in [7, 11) is 3.16. The molecule has 0 aliphatic carbocycles. The van der Waals surface area contributed by atoms with Crippen LogP contribution in [0.4, 0.5) is 0 Å². The van der Waals surface area contributed by atoms with Crippen LogP contribution in [0.15, 0.2) is 48.7 Å². The molecule has 0 bridgehead atoms. The molecule has 0 spiro atoms. The summed E-state index contributed by atoms with van der Waals surface area (Å²) in [6, 6.07) is 12.6. The van der Waals surface area contributed by atoms with E-state index in [1.807, 2.05) is 24.3 Å². The van der Waals surface area contributed by atoms with Gasteiger partial charge in [0.1, 0.15) is 12.4 Å². The van der Waals surface area contributed by atoms with E-state index >= 15 is 0 Å². The molecule has 0 heterocycles. The third kappa shape index (κ3) is 4.74.